The van der Waals surface area contributed by atoms with Gasteiger partial charge >= 0.3 is 0 Å². The number of nitrogens with one attached hydrogen (secondary N) is 1. The van der Waals surface area contributed by atoms with Crippen LogP contribution in [0.3, 0.4) is 0 Å². The molecule has 0 aliphatic carbocycles. The third kappa shape index (κ3) is 2.99. The Labute approximate surface area is 110 Å². The topological polar surface area (TPSA) is 25.2 Å². The number of halogens is 1. The Morgan fingerprint density at radius 3 is 2.82 bits per heavy atom. The Balaban J connectivity index is 2.27. The predicted molar refractivity (Wildman–Crippen MR) is 74.0 cm³/mol. The van der Waals surface area contributed by atoms with Gasteiger partial charge in [0.15, 0.2) is 0 Å². The number of rotatable bonds is 4. The Bertz CT molecular complexity index is 505. The molecule has 0 spiro atoms. The summed E-state index contributed by atoms with van der Waals surface area (Å²) in [4.78, 5) is 0. The van der Waals surface area contributed by atoms with Gasteiger partial charge in [0.2, 0.25) is 0 Å². The van der Waals surface area contributed by atoms with Crippen LogP contribution in [0.1, 0.15) is 18.2 Å². The average Bonchev–Trinajstić information content (AvgIpc) is 2.78. The summed E-state index contributed by atoms with van der Waals surface area (Å²) < 4.78 is 6.88. The first kappa shape index (κ1) is 12.4. The molecule has 2 nitrogen and oxygen atoms in total. The van der Waals surface area contributed by atoms with E-state index in [1.165, 1.54) is 5.56 Å². The summed E-state index contributed by atoms with van der Waals surface area (Å²) in [6.07, 6.45) is 0. The van der Waals surface area contributed by atoms with Gasteiger partial charge in [0.05, 0.1) is 6.54 Å². The Kier molecular flexibility index (Phi) is 4.02. The Morgan fingerprint density at radius 2 is 2.06 bits per heavy atom. The van der Waals surface area contributed by atoms with Gasteiger partial charge in [-0.3, -0.25) is 0 Å². The fourth-order valence-electron chi connectivity index (χ4n) is 1.69. The summed E-state index contributed by atoms with van der Waals surface area (Å²) in [5, 5.41) is 3.25. The molecule has 0 bridgehead atoms. The first-order valence-corrected chi connectivity index (χ1v) is 6.56. The Morgan fingerprint density at radius 1 is 1.24 bits per heavy atom. The molecule has 2 rings (SSSR count). The molecular formula is C14H16BrNO. The van der Waals surface area contributed by atoms with E-state index in [1.807, 2.05) is 12.1 Å². The molecule has 0 atom stereocenters. The minimum absolute atomic E-state index is 0.778. The van der Waals surface area contributed by atoms with Crippen molar-refractivity contribution >= 4 is 15.9 Å². The third-order valence-electron chi connectivity index (χ3n) is 2.60. The zero-order chi connectivity index (χ0) is 12.3. The van der Waals surface area contributed by atoms with E-state index < -0.39 is 0 Å². The van der Waals surface area contributed by atoms with Crippen molar-refractivity contribution in [1.82, 2.24) is 5.32 Å². The van der Waals surface area contributed by atoms with Crippen LogP contribution in [0, 0.1) is 6.92 Å². The molecule has 1 aromatic carbocycles. The molecule has 2 aromatic rings. The lowest BCUT2D eigenvalue weighted by Crippen LogP contribution is -2.10. The zero-order valence-corrected chi connectivity index (χ0v) is 11.7. The van der Waals surface area contributed by atoms with E-state index >= 15 is 0 Å². The van der Waals surface area contributed by atoms with Crippen LogP contribution in [0.15, 0.2) is 39.2 Å². The highest BCUT2D eigenvalue weighted by Gasteiger charge is 2.08. The van der Waals surface area contributed by atoms with Crippen molar-refractivity contribution in [1.29, 1.82) is 0 Å². The minimum atomic E-state index is 0.778. The van der Waals surface area contributed by atoms with Gasteiger partial charge in [0.25, 0.3) is 0 Å². The van der Waals surface area contributed by atoms with Crippen LogP contribution in [0.5, 0.6) is 0 Å². The molecule has 0 amide bonds. The van der Waals surface area contributed by atoms with Crippen molar-refractivity contribution in [2.75, 3.05) is 6.54 Å². The van der Waals surface area contributed by atoms with Crippen LogP contribution in [0.25, 0.3) is 11.3 Å². The monoisotopic (exact) mass is 293 g/mol. The van der Waals surface area contributed by atoms with E-state index in [-0.39, 0.29) is 0 Å². The second kappa shape index (κ2) is 5.52. The largest absolute Gasteiger partial charge is 0.460 e. The van der Waals surface area contributed by atoms with Gasteiger partial charge in [-0.15, -0.1) is 0 Å². The van der Waals surface area contributed by atoms with Crippen molar-refractivity contribution in [2.24, 2.45) is 0 Å². The number of furan rings is 1. The number of hydrogen-bond acceptors (Lipinski definition) is 2. The quantitative estimate of drug-likeness (QED) is 0.917. The maximum atomic E-state index is 5.82. The molecule has 1 heterocycles. The molecule has 0 saturated carbocycles. The first-order valence-electron chi connectivity index (χ1n) is 5.76. The van der Waals surface area contributed by atoms with Gasteiger partial charge < -0.3 is 9.73 Å². The van der Waals surface area contributed by atoms with E-state index in [1.54, 1.807) is 0 Å². The molecule has 0 radical (unpaired) electrons. The summed E-state index contributed by atoms with van der Waals surface area (Å²) in [5.41, 5.74) is 2.33. The molecule has 90 valence electrons. The van der Waals surface area contributed by atoms with Crippen molar-refractivity contribution < 1.29 is 4.42 Å². The highest BCUT2D eigenvalue weighted by Crippen LogP contribution is 2.30. The average molecular weight is 294 g/mol. The van der Waals surface area contributed by atoms with Crippen LogP contribution in [0.4, 0.5) is 0 Å². The standard InChI is InChI=1S/C14H16BrNO/c1-3-16-9-11-5-7-14(17-11)12-8-10(2)4-6-13(12)15/h4-8,16H,3,9H2,1-2H3. The van der Waals surface area contributed by atoms with E-state index in [0.29, 0.717) is 0 Å². The highest BCUT2D eigenvalue weighted by molar-refractivity contribution is 9.10. The SMILES string of the molecule is CCNCc1ccc(-c2cc(C)ccc2Br)o1. The maximum absolute atomic E-state index is 5.82. The Hall–Kier alpha value is -1.06. The van der Waals surface area contributed by atoms with Crippen LogP contribution in [-0.4, -0.2) is 6.54 Å². The summed E-state index contributed by atoms with van der Waals surface area (Å²) in [6.45, 7) is 5.89. The van der Waals surface area contributed by atoms with Crippen LogP contribution < -0.4 is 5.32 Å². The van der Waals surface area contributed by atoms with E-state index in [0.717, 1.165) is 34.6 Å². The van der Waals surface area contributed by atoms with Crippen LogP contribution >= 0.6 is 15.9 Å². The highest BCUT2D eigenvalue weighted by atomic mass is 79.9. The summed E-state index contributed by atoms with van der Waals surface area (Å²) >= 11 is 3.55. The molecule has 0 aliphatic rings. The summed E-state index contributed by atoms with van der Waals surface area (Å²) in [7, 11) is 0. The predicted octanol–water partition coefficient (Wildman–Crippen LogP) is 4.13. The number of hydrogen-bond donors (Lipinski definition) is 1. The van der Waals surface area contributed by atoms with E-state index in [4.69, 9.17) is 4.42 Å². The van der Waals surface area contributed by atoms with Gasteiger partial charge in [0.1, 0.15) is 11.5 Å². The van der Waals surface area contributed by atoms with Crippen molar-refractivity contribution in [3.8, 4) is 11.3 Å². The molecule has 3 heteroatoms. The molecule has 1 aromatic heterocycles. The van der Waals surface area contributed by atoms with Gasteiger partial charge in [-0.25, -0.2) is 0 Å². The molecule has 0 saturated heterocycles. The second-order valence-electron chi connectivity index (χ2n) is 4.03. The van der Waals surface area contributed by atoms with Crippen LogP contribution in [0.2, 0.25) is 0 Å². The zero-order valence-electron chi connectivity index (χ0n) is 10.1. The van der Waals surface area contributed by atoms with Crippen molar-refractivity contribution in [3.05, 3.63) is 46.1 Å². The lowest BCUT2D eigenvalue weighted by Gasteiger charge is -2.03. The van der Waals surface area contributed by atoms with Gasteiger partial charge in [-0.1, -0.05) is 34.5 Å². The third-order valence-corrected chi connectivity index (χ3v) is 3.29. The smallest absolute Gasteiger partial charge is 0.135 e. The van der Waals surface area contributed by atoms with Crippen molar-refractivity contribution in [3.63, 3.8) is 0 Å². The van der Waals surface area contributed by atoms with Gasteiger partial charge in [-0.05, 0) is 37.7 Å². The fraction of sp³-hybridized carbons (Fsp3) is 0.286. The maximum Gasteiger partial charge on any atom is 0.135 e. The molecule has 1 N–H and O–H groups in total. The van der Waals surface area contributed by atoms with Crippen molar-refractivity contribution in [2.45, 2.75) is 20.4 Å². The normalized spacial score (nSPS) is 10.8. The van der Waals surface area contributed by atoms with Gasteiger partial charge in [0, 0.05) is 10.0 Å². The lowest BCUT2D eigenvalue weighted by atomic mass is 10.1. The van der Waals surface area contributed by atoms with Gasteiger partial charge in [-0.2, -0.15) is 0 Å². The summed E-state index contributed by atoms with van der Waals surface area (Å²) in [5.74, 6) is 1.88. The van der Waals surface area contributed by atoms with E-state index in [9.17, 15) is 0 Å². The summed E-state index contributed by atoms with van der Waals surface area (Å²) in [6, 6.07) is 10.3. The van der Waals surface area contributed by atoms with E-state index in [2.05, 4.69) is 53.3 Å². The number of benzene rings is 1. The molecule has 0 unspecified atom stereocenters. The second-order valence-corrected chi connectivity index (χ2v) is 4.88. The fourth-order valence-corrected chi connectivity index (χ4v) is 2.14. The minimum Gasteiger partial charge on any atom is -0.460 e. The lowest BCUT2D eigenvalue weighted by molar-refractivity contribution is 0.498. The molecular weight excluding hydrogens is 278 g/mol. The van der Waals surface area contributed by atoms with Crippen LogP contribution in [-0.2, 0) is 6.54 Å². The molecule has 0 aliphatic heterocycles. The molecule has 17 heavy (non-hydrogen) atoms. The number of aryl methyl sites for hydroxylation is 1. The molecule has 0 fully saturated rings. The first-order chi connectivity index (χ1) is 8.20.